The van der Waals surface area contributed by atoms with E-state index in [0.717, 1.165) is 49.3 Å². The molecule has 2 aliphatic heterocycles. The van der Waals surface area contributed by atoms with Gasteiger partial charge in [0.05, 0.1) is 0 Å². The van der Waals surface area contributed by atoms with E-state index in [9.17, 15) is 4.79 Å². The third kappa shape index (κ3) is 4.78. The van der Waals surface area contributed by atoms with E-state index in [-0.39, 0.29) is 12.5 Å². The normalized spacial score (nSPS) is 17.3. The van der Waals surface area contributed by atoms with E-state index in [1.165, 1.54) is 19.3 Å². The molecule has 1 aromatic heterocycles. The van der Waals surface area contributed by atoms with Crippen LogP contribution in [-0.4, -0.2) is 66.7 Å². The van der Waals surface area contributed by atoms with Crippen molar-refractivity contribution in [2.24, 2.45) is 0 Å². The third-order valence-corrected chi connectivity index (χ3v) is 5.67. The van der Waals surface area contributed by atoms with Crippen molar-refractivity contribution in [3.8, 4) is 5.75 Å². The minimum absolute atomic E-state index is 0.0320. The number of carbonyl (C=O) groups excluding carboxylic acids is 1. The monoisotopic (exact) mass is 395 g/mol. The van der Waals surface area contributed by atoms with Crippen molar-refractivity contribution in [1.82, 2.24) is 14.9 Å². The number of rotatable bonds is 5. The second-order valence-electron chi connectivity index (χ2n) is 7.68. The predicted octanol–water partition coefficient (Wildman–Crippen LogP) is 2.50. The van der Waals surface area contributed by atoms with Gasteiger partial charge in [0, 0.05) is 45.5 Å². The number of hydrogen-bond donors (Lipinski definition) is 0. The minimum atomic E-state index is 0.0320. The molecule has 7 heteroatoms. The topological polar surface area (TPSA) is 61.8 Å². The summed E-state index contributed by atoms with van der Waals surface area (Å²) in [5, 5.41) is 0. The number of aryl methyl sites for hydroxylation is 1. The molecule has 29 heavy (non-hydrogen) atoms. The standard InChI is InChI=1S/C22H29N5O2/c1-18-7-3-4-8-19(18)29-17-21(28)26-15-13-25(14-16-26)20-9-10-23-22(24-20)27-11-5-2-6-12-27/h3-4,7-10H,2,5-6,11-17H2,1H3. The number of para-hydroxylation sites is 1. The van der Waals surface area contributed by atoms with Crippen molar-refractivity contribution in [2.45, 2.75) is 26.2 Å². The number of piperazine rings is 1. The number of ether oxygens (including phenoxy) is 1. The third-order valence-electron chi connectivity index (χ3n) is 5.67. The lowest BCUT2D eigenvalue weighted by Crippen LogP contribution is -2.50. The molecule has 2 aromatic rings. The maximum Gasteiger partial charge on any atom is 0.260 e. The van der Waals surface area contributed by atoms with Gasteiger partial charge in [-0.15, -0.1) is 0 Å². The predicted molar refractivity (Wildman–Crippen MR) is 114 cm³/mol. The van der Waals surface area contributed by atoms with Crippen LogP contribution in [0, 0.1) is 6.92 Å². The first-order valence-electron chi connectivity index (χ1n) is 10.5. The van der Waals surface area contributed by atoms with Gasteiger partial charge in [0.1, 0.15) is 11.6 Å². The van der Waals surface area contributed by atoms with Crippen LogP contribution in [0.2, 0.25) is 0 Å². The molecule has 0 N–H and O–H groups in total. The van der Waals surface area contributed by atoms with Gasteiger partial charge in [-0.1, -0.05) is 18.2 Å². The van der Waals surface area contributed by atoms with Gasteiger partial charge in [-0.2, -0.15) is 4.98 Å². The highest BCUT2D eigenvalue weighted by atomic mass is 16.5. The number of carbonyl (C=O) groups is 1. The Kier molecular flexibility index (Phi) is 6.12. The van der Waals surface area contributed by atoms with Crippen LogP contribution in [0.15, 0.2) is 36.5 Å². The molecule has 154 valence electrons. The molecule has 1 amide bonds. The van der Waals surface area contributed by atoms with Gasteiger partial charge >= 0.3 is 0 Å². The Morgan fingerprint density at radius 3 is 2.48 bits per heavy atom. The zero-order chi connectivity index (χ0) is 20.1. The lowest BCUT2D eigenvalue weighted by molar-refractivity contribution is -0.133. The zero-order valence-corrected chi connectivity index (χ0v) is 17.1. The molecule has 0 unspecified atom stereocenters. The van der Waals surface area contributed by atoms with Gasteiger partial charge in [0.25, 0.3) is 5.91 Å². The molecule has 0 saturated carbocycles. The summed E-state index contributed by atoms with van der Waals surface area (Å²) in [7, 11) is 0. The first kappa shape index (κ1) is 19.5. The maximum absolute atomic E-state index is 12.5. The quantitative estimate of drug-likeness (QED) is 0.775. The van der Waals surface area contributed by atoms with E-state index < -0.39 is 0 Å². The molecule has 2 aliphatic rings. The summed E-state index contributed by atoms with van der Waals surface area (Å²) in [6, 6.07) is 9.73. The van der Waals surface area contributed by atoms with Gasteiger partial charge in [0.15, 0.2) is 6.61 Å². The molecule has 0 bridgehead atoms. The molecule has 0 radical (unpaired) electrons. The molecule has 0 atom stereocenters. The number of amides is 1. The second-order valence-corrected chi connectivity index (χ2v) is 7.68. The fraction of sp³-hybridized carbons (Fsp3) is 0.500. The van der Waals surface area contributed by atoms with Crippen molar-refractivity contribution in [1.29, 1.82) is 0 Å². The Bertz CT molecular complexity index is 829. The lowest BCUT2D eigenvalue weighted by atomic mass is 10.1. The second kappa shape index (κ2) is 9.11. The van der Waals surface area contributed by atoms with Crippen molar-refractivity contribution in [3.63, 3.8) is 0 Å². The fourth-order valence-electron chi connectivity index (χ4n) is 3.90. The number of hydrogen-bond acceptors (Lipinski definition) is 6. The smallest absolute Gasteiger partial charge is 0.260 e. The Morgan fingerprint density at radius 1 is 0.966 bits per heavy atom. The van der Waals surface area contributed by atoms with Crippen LogP contribution in [-0.2, 0) is 4.79 Å². The van der Waals surface area contributed by atoms with Gasteiger partial charge in [-0.25, -0.2) is 4.98 Å². The number of piperidine rings is 1. The molecule has 2 fully saturated rings. The summed E-state index contributed by atoms with van der Waals surface area (Å²) in [6.07, 6.45) is 5.55. The maximum atomic E-state index is 12.5. The van der Waals surface area contributed by atoms with E-state index >= 15 is 0 Å². The minimum Gasteiger partial charge on any atom is -0.484 e. The first-order valence-corrected chi connectivity index (χ1v) is 10.5. The van der Waals surface area contributed by atoms with Crippen LogP contribution >= 0.6 is 0 Å². The molecule has 0 spiro atoms. The van der Waals surface area contributed by atoms with Crippen LogP contribution in [0.5, 0.6) is 5.75 Å². The SMILES string of the molecule is Cc1ccccc1OCC(=O)N1CCN(c2ccnc(N3CCCCC3)n2)CC1. The van der Waals surface area contributed by atoms with Crippen LogP contribution in [0.4, 0.5) is 11.8 Å². The highest BCUT2D eigenvalue weighted by molar-refractivity contribution is 5.78. The van der Waals surface area contributed by atoms with Crippen LogP contribution in [0.1, 0.15) is 24.8 Å². The Morgan fingerprint density at radius 2 is 1.72 bits per heavy atom. The molecule has 2 saturated heterocycles. The summed E-state index contributed by atoms with van der Waals surface area (Å²) in [6.45, 7) is 7.03. The number of benzene rings is 1. The van der Waals surface area contributed by atoms with Crippen molar-refractivity contribution >= 4 is 17.7 Å². The number of nitrogens with zero attached hydrogens (tertiary/aromatic N) is 5. The summed E-state index contributed by atoms with van der Waals surface area (Å²) in [4.78, 5) is 28.2. The first-order chi connectivity index (χ1) is 14.2. The van der Waals surface area contributed by atoms with E-state index in [2.05, 4.69) is 14.8 Å². The average Bonchev–Trinajstić information content (AvgIpc) is 2.79. The highest BCUT2D eigenvalue weighted by Gasteiger charge is 2.23. The lowest BCUT2D eigenvalue weighted by Gasteiger charge is -2.36. The van der Waals surface area contributed by atoms with E-state index in [1.54, 1.807) is 0 Å². The van der Waals surface area contributed by atoms with Gasteiger partial charge in [-0.3, -0.25) is 4.79 Å². The summed E-state index contributed by atoms with van der Waals surface area (Å²) < 4.78 is 5.72. The molecule has 7 nitrogen and oxygen atoms in total. The van der Waals surface area contributed by atoms with Gasteiger partial charge in [0.2, 0.25) is 5.95 Å². The van der Waals surface area contributed by atoms with E-state index in [1.807, 2.05) is 48.4 Å². The summed E-state index contributed by atoms with van der Waals surface area (Å²) in [5.41, 5.74) is 1.04. The van der Waals surface area contributed by atoms with Crippen molar-refractivity contribution in [3.05, 3.63) is 42.1 Å². The van der Waals surface area contributed by atoms with Crippen LogP contribution in [0.3, 0.4) is 0 Å². The molecular weight excluding hydrogens is 366 g/mol. The van der Waals surface area contributed by atoms with E-state index in [0.29, 0.717) is 13.1 Å². The number of aromatic nitrogens is 2. The zero-order valence-electron chi connectivity index (χ0n) is 17.1. The fourth-order valence-corrected chi connectivity index (χ4v) is 3.90. The molecule has 4 rings (SSSR count). The highest BCUT2D eigenvalue weighted by Crippen LogP contribution is 2.20. The van der Waals surface area contributed by atoms with Crippen LogP contribution in [0.25, 0.3) is 0 Å². The van der Waals surface area contributed by atoms with E-state index in [4.69, 9.17) is 9.72 Å². The summed E-state index contributed by atoms with van der Waals surface area (Å²) >= 11 is 0. The molecular formula is C22H29N5O2. The Hall–Kier alpha value is -2.83. The van der Waals surface area contributed by atoms with Crippen molar-refractivity contribution in [2.75, 3.05) is 55.7 Å². The molecule has 0 aliphatic carbocycles. The van der Waals surface area contributed by atoms with Gasteiger partial charge < -0.3 is 19.4 Å². The molecule has 1 aromatic carbocycles. The Labute approximate surface area is 172 Å². The largest absolute Gasteiger partial charge is 0.484 e. The number of anilines is 2. The van der Waals surface area contributed by atoms with Crippen LogP contribution < -0.4 is 14.5 Å². The molecule has 3 heterocycles. The van der Waals surface area contributed by atoms with Crippen molar-refractivity contribution < 1.29 is 9.53 Å². The summed E-state index contributed by atoms with van der Waals surface area (Å²) in [5.74, 6) is 2.58. The Balaban J connectivity index is 1.30. The average molecular weight is 396 g/mol. The van der Waals surface area contributed by atoms with Gasteiger partial charge in [-0.05, 0) is 43.9 Å².